The second-order valence-electron chi connectivity index (χ2n) is 8.83. The minimum atomic E-state index is -5.99. The monoisotopic (exact) mass is 502 g/mol. The van der Waals surface area contributed by atoms with E-state index in [1.807, 2.05) is 0 Å². The van der Waals surface area contributed by atoms with Gasteiger partial charge in [-0.1, -0.05) is 24.3 Å². The average molecular weight is 502 g/mol. The third kappa shape index (κ3) is 3.59. The lowest BCUT2D eigenvalue weighted by Gasteiger charge is -2.43. The van der Waals surface area contributed by atoms with Gasteiger partial charge in [0.2, 0.25) is 0 Å². The van der Waals surface area contributed by atoms with Gasteiger partial charge in [0, 0.05) is 17.3 Å². The van der Waals surface area contributed by atoms with E-state index in [0.29, 0.717) is 28.6 Å². The normalized spacial score (nSPS) is 18.5. The number of aromatic nitrogens is 1. The maximum atomic E-state index is 14.5. The number of fused-ring (bicyclic) bond motifs is 1. The van der Waals surface area contributed by atoms with E-state index >= 15 is 0 Å². The fraction of sp³-hybridized carbons (Fsp3) is 0.375. The first-order valence-corrected chi connectivity index (χ1v) is 10.6. The molecule has 3 aromatic rings. The fourth-order valence-electron chi connectivity index (χ4n) is 5.00. The molecule has 2 aromatic carbocycles. The molecule has 2 unspecified atom stereocenters. The highest BCUT2D eigenvalue weighted by Gasteiger charge is 2.71. The molecular weight excluding hydrogens is 481 g/mol. The third-order valence-electron chi connectivity index (χ3n) is 6.74. The summed E-state index contributed by atoms with van der Waals surface area (Å²) < 4.78 is 100. The summed E-state index contributed by atoms with van der Waals surface area (Å²) in [6.07, 6.45) is -9.36. The number of benzene rings is 2. The molecule has 0 bridgehead atoms. The van der Waals surface area contributed by atoms with Crippen molar-refractivity contribution in [2.24, 2.45) is 0 Å². The molecule has 0 saturated carbocycles. The van der Waals surface area contributed by atoms with Crippen LogP contribution in [0.5, 0.6) is 0 Å². The van der Waals surface area contributed by atoms with Gasteiger partial charge in [-0.05, 0) is 56.0 Å². The standard InChI is InChI=1S/C24H21F7N2O2/c1-13-9-15-10-16(22(34,23(26,27)28)24(29,30)31)7-8-19(15)33(13)21(3,20-11-35-12-32-20)17-5-4-6-18(25)14(17)2/h4-8,10-13,34H,9H2,1-3H3. The fourth-order valence-corrected chi connectivity index (χ4v) is 5.00. The number of halogens is 7. The predicted octanol–water partition coefficient (Wildman–Crippen LogP) is 6.15. The Labute approximate surface area is 196 Å². The molecule has 2 heterocycles. The summed E-state index contributed by atoms with van der Waals surface area (Å²) in [4.78, 5) is 6.01. The van der Waals surface area contributed by atoms with Crippen molar-refractivity contribution in [3.63, 3.8) is 0 Å². The molecule has 0 fully saturated rings. The topological polar surface area (TPSA) is 49.5 Å². The van der Waals surface area contributed by atoms with Crippen LogP contribution in [0.25, 0.3) is 0 Å². The Balaban J connectivity index is 1.92. The number of aliphatic hydroxyl groups is 1. The molecule has 0 spiro atoms. The summed E-state index contributed by atoms with van der Waals surface area (Å²) in [7, 11) is 0. The number of anilines is 1. The molecule has 11 heteroatoms. The smallest absolute Gasteiger partial charge is 0.430 e. The molecule has 0 radical (unpaired) electrons. The van der Waals surface area contributed by atoms with Crippen molar-refractivity contribution in [3.05, 3.63) is 82.8 Å². The van der Waals surface area contributed by atoms with Gasteiger partial charge < -0.3 is 14.4 Å². The zero-order valence-corrected chi connectivity index (χ0v) is 18.8. The second-order valence-corrected chi connectivity index (χ2v) is 8.83. The van der Waals surface area contributed by atoms with Crippen molar-refractivity contribution in [2.75, 3.05) is 4.90 Å². The summed E-state index contributed by atoms with van der Waals surface area (Å²) in [5.74, 6) is -0.486. The van der Waals surface area contributed by atoms with Crippen LogP contribution in [0.15, 0.2) is 53.5 Å². The Morgan fingerprint density at radius 3 is 2.29 bits per heavy atom. The number of alkyl halides is 6. The number of nitrogens with zero attached hydrogens (tertiary/aromatic N) is 2. The number of oxazole rings is 1. The van der Waals surface area contributed by atoms with Crippen LogP contribution in [-0.4, -0.2) is 28.5 Å². The van der Waals surface area contributed by atoms with E-state index < -0.39 is 40.9 Å². The van der Waals surface area contributed by atoms with Crippen LogP contribution < -0.4 is 4.90 Å². The minimum Gasteiger partial charge on any atom is -0.451 e. The quantitative estimate of drug-likeness (QED) is 0.435. The lowest BCUT2D eigenvalue weighted by atomic mass is 9.83. The molecule has 1 aliphatic heterocycles. The van der Waals surface area contributed by atoms with Crippen molar-refractivity contribution in [1.82, 2.24) is 4.98 Å². The Kier molecular flexibility index (Phi) is 5.70. The van der Waals surface area contributed by atoms with Crippen LogP contribution in [0.2, 0.25) is 0 Å². The molecule has 4 rings (SSSR count). The van der Waals surface area contributed by atoms with Gasteiger partial charge in [-0.15, -0.1) is 0 Å². The first-order valence-electron chi connectivity index (χ1n) is 10.6. The van der Waals surface area contributed by atoms with E-state index in [4.69, 9.17) is 4.42 Å². The summed E-state index contributed by atoms with van der Waals surface area (Å²) >= 11 is 0. The van der Waals surface area contributed by atoms with Crippen molar-refractivity contribution >= 4 is 5.69 Å². The molecule has 0 aliphatic carbocycles. The molecule has 35 heavy (non-hydrogen) atoms. The van der Waals surface area contributed by atoms with Gasteiger partial charge in [0.1, 0.15) is 23.3 Å². The van der Waals surface area contributed by atoms with Crippen molar-refractivity contribution in [1.29, 1.82) is 0 Å². The van der Waals surface area contributed by atoms with Crippen LogP contribution in [0, 0.1) is 12.7 Å². The van der Waals surface area contributed by atoms with E-state index in [9.17, 15) is 35.8 Å². The summed E-state index contributed by atoms with van der Waals surface area (Å²) in [6.45, 7) is 5.04. The predicted molar refractivity (Wildman–Crippen MR) is 112 cm³/mol. The summed E-state index contributed by atoms with van der Waals surface area (Å²) in [6, 6.07) is 6.50. The van der Waals surface area contributed by atoms with Crippen molar-refractivity contribution < 1.29 is 40.3 Å². The first-order chi connectivity index (χ1) is 16.1. The lowest BCUT2D eigenvalue weighted by molar-refractivity contribution is -0.376. The largest absolute Gasteiger partial charge is 0.451 e. The Morgan fingerprint density at radius 1 is 1.06 bits per heavy atom. The molecule has 4 nitrogen and oxygen atoms in total. The zero-order valence-electron chi connectivity index (χ0n) is 18.8. The van der Waals surface area contributed by atoms with E-state index in [1.165, 1.54) is 24.8 Å². The lowest BCUT2D eigenvalue weighted by Crippen LogP contribution is -2.54. The number of rotatable bonds is 4. The molecule has 0 saturated heterocycles. The van der Waals surface area contributed by atoms with Gasteiger partial charge in [0.25, 0.3) is 5.60 Å². The molecule has 0 amide bonds. The Hall–Kier alpha value is -3.08. The Morgan fingerprint density at radius 2 is 1.71 bits per heavy atom. The van der Waals surface area contributed by atoms with E-state index in [2.05, 4.69) is 4.98 Å². The van der Waals surface area contributed by atoms with Crippen LogP contribution >= 0.6 is 0 Å². The Bertz CT molecular complexity index is 1220. The molecule has 188 valence electrons. The van der Waals surface area contributed by atoms with Gasteiger partial charge in [-0.2, -0.15) is 26.3 Å². The van der Waals surface area contributed by atoms with Crippen LogP contribution in [0.3, 0.4) is 0 Å². The van der Waals surface area contributed by atoms with Gasteiger partial charge in [-0.25, -0.2) is 9.37 Å². The van der Waals surface area contributed by atoms with E-state index in [0.717, 1.165) is 12.1 Å². The highest BCUT2D eigenvalue weighted by Crippen LogP contribution is 2.52. The molecule has 1 aliphatic rings. The number of hydrogen-bond donors (Lipinski definition) is 1. The highest BCUT2D eigenvalue weighted by molar-refractivity contribution is 5.66. The second kappa shape index (κ2) is 7.97. The van der Waals surface area contributed by atoms with Crippen molar-refractivity contribution in [3.8, 4) is 0 Å². The van der Waals surface area contributed by atoms with Crippen LogP contribution in [-0.2, 0) is 17.6 Å². The maximum Gasteiger partial charge on any atom is 0.430 e. The van der Waals surface area contributed by atoms with E-state index in [-0.39, 0.29) is 12.0 Å². The average Bonchev–Trinajstić information content (AvgIpc) is 3.40. The van der Waals surface area contributed by atoms with E-state index in [1.54, 1.807) is 31.7 Å². The van der Waals surface area contributed by atoms with Crippen LogP contribution in [0.1, 0.15) is 41.8 Å². The SMILES string of the molecule is Cc1c(F)cccc1C(C)(c1cocn1)N1c2ccc(C(O)(C(F)(F)F)C(F)(F)F)cc2CC1C. The first kappa shape index (κ1) is 25.0. The van der Waals surface area contributed by atoms with Crippen LogP contribution in [0.4, 0.5) is 36.4 Å². The molecule has 1 N–H and O–H groups in total. The van der Waals surface area contributed by atoms with Gasteiger partial charge >= 0.3 is 12.4 Å². The zero-order chi connectivity index (χ0) is 26.0. The maximum absolute atomic E-state index is 14.5. The minimum absolute atomic E-state index is 0.0801. The van der Waals surface area contributed by atoms with Gasteiger partial charge in [0.15, 0.2) is 6.39 Å². The number of hydrogen-bond acceptors (Lipinski definition) is 4. The third-order valence-corrected chi connectivity index (χ3v) is 6.74. The molecular formula is C24H21F7N2O2. The molecule has 2 atom stereocenters. The molecule has 1 aromatic heterocycles. The van der Waals surface area contributed by atoms with Gasteiger partial charge in [-0.3, -0.25) is 0 Å². The van der Waals surface area contributed by atoms with Gasteiger partial charge in [0.05, 0.1) is 0 Å². The van der Waals surface area contributed by atoms with Crippen molar-refractivity contribution in [2.45, 2.75) is 56.7 Å². The summed E-state index contributed by atoms with van der Waals surface area (Å²) in [5.41, 5.74) is -5.85. The summed E-state index contributed by atoms with van der Waals surface area (Å²) in [5, 5.41) is 9.85. The highest BCUT2D eigenvalue weighted by atomic mass is 19.4.